The summed E-state index contributed by atoms with van der Waals surface area (Å²) in [5.74, 6) is 0.0619. The van der Waals surface area contributed by atoms with E-state index in [0.29, 0.717) is 66.4 Å². The normalized spacial score (nSPS) is 12.9. The number of amides is 1. The van der Waals surface area contributed by atoms with Crippen LogP contribution >= 0.6 is 22.7 Å². The van der Waals surface area contributed by atoms with E-state index in [9.17, 15) is 9.59 Å². The number of rotatable bonds is 15. The molecule has 0 fully saturated rings. The molecule has 1 amide bonds. The minimum absolute atomic E-state index is 0.110. The van der Waals surface area contributed by atoms with Crippen molar-refractivity contribution in [3.8, 4) is 11.4 Å². The van der Waals surface area contributed by atoms with Gasteiger partial charge in [-0.25, -0.2) is 29.4 Å². The zero-order valence-corrected chi connectivity index (χ0v) is 35.5. The molecule has 8 rings (SSSR count). The molecule has 58 heavy (non-hydrogen) atoms. The molecule has 0 spiro atoms. The Morgan fingerprint density at radius 2 is 1.79 bits per heavy atom. The van der Waals surface area contributed by atoms with Gasteiger partial charge in [-0.05, 0) is 73.0 Å². The van der Waals surface area contributed by atoms with Crippen LogP contribution in [0.4, 0.5) is 10.3 Å². The molecule has 0 unspecified atom stereocenters. The number of carbonyl (C=O) groups excluding carboxylic acids is 2. The fourth-order valence-electron chi connectivity index (χ4n) is 6.71. The number of carbonyl (C=O) groups is 2. The molecule has 7 aromatic rings. The van der Waals surface area contributed by atoms with E-state index >= 15 is 0 Å². The molecular weight excluding hydrogens is 789 g/mol. The second-order valence-corrected chi connectivity index (χ2v) is 22.8. The van der Waals surface area contributed by atoms with Crippen molar-refractivity contribution >= 4 is 74.1 Å². The Morgan fingerprint density at radius 3 is 2.60 bits per heavy atom. The van der Waals surface area contributed by atoms with E-state index in [4.69, 9.17) is 24.2 Å². The summed E-state index contributed by atoms with van der Waals surface area (Å²) >= 11 is 2.94. The molecule has 0 aliphatic carbocycles. The van der Waals surface area contributed by atoms with Gasteiger partial charge in [0.15, 0.2) is 21.6 Å². The number of benzene rings is 3. The lowest BCUT2D eigenvalue weighted by atomic mass is 9.94. The fourth-order valence-corrected chi connectivity index (χ4v) is 9.48. The van der Waals surface area contributed by atoms with Gasteiger partial charge in [0, 0.05) is 50.8 Å². The lowest BCUT2D eigenvalue weighted by molar-refractivity contribution is 0.0519. The van der Waals surface area contributed by atoms with Crippen LogP contribution < -0.4 is 14.5 Å². The average molecular weight is 833 g/mol. The standard InChI is InChI=1S/C42H44N8O5S2Si/c1-5-54-40(52)37-36(18-20-55-31-15-13-30(14-16-31)50-38-29(24-45-50)23-43-26-44-38)57-41(47-37)48-19-17-28-9-8-10-32(33(28)25-48)39(51)49(27-53-21-22-58(2,3)4)42-46-34-11-6-7-12-35(34)56-42/h6-16,23-24,26H,5,17-22,25,27H2,1-4H3. The highest BCUT2D eigenvalue weighted by atomic mass is 32.1. The quantitative estimate of drug-likeness (QED) is 0.0428. The first-order valence-electron chi connectivity index (χ1n) is 19.3. The first kappa shape index (κ1) is 39.3. The van der Waals surface area contributed by atoms with Crippen molar-refractivity contribution in [1.82, 2.24) is 29.7 Å². The number of nitrogens with zero attached hydrogens (tertiary/aromatic N) is 8. The highest BCUT2D eigenvalue weighted by molar-refractivity contribution is 7.22. The van der Waals surface area contributed by atoms with Gasteiger partial charge in [0.05, 0.1) is 40.7 Å². The molecule has 0 bridgehead atoms. The minimum Gasteiger partial charge on any atom is -0.493 e. The Kier molecular flexibility index (Phi) is 11.6. The summed E-state index contributed by atoms with van der Waals surface area (Å²) in [6, 6.07) is 22.4. The third-order valence-electron chi connectivity index (χ3n) is 9.81. The predicted octanol–water partition coefficient (Wildman–Crippen LogP) is 8.20. The molecule has 0 atom stereocenters. The number of hydrogen-bond acceptors (Lipinski definition) is 13. The Hall–Kier alpha value is -5.55. The van der Waals surface area contributed by atoms with E-state index in [1.807, 2.05) is 60.7 Å². The summed E-state index contributed by atoms with van der Waals surface area (Å²) < 4.78 is 20.5. The van der Waals surface area contributed by atoms with Gasteiger partial charge in [-0.1, -0.05) is 55.2 Å². The van der Waals surface area contributed by atoms with Gasteiger partial charge < -0.3 is 19.1 Å². The number of ether oxygens (including phenoxy) is 3. The van der Waals surface area contributed by atoms with Gasteiger partial charge in [-0.2, -0.15) is 5.10 Å². The number of para-hydroxylation sites is 1. The molecular formula is C42H44N8O5S2Si. The van der Waals surface area contributed by atoms with Gasteiger partial charge >= 0.3 is 5.97 Å². The van der Waals surface area contributed by atoms with Crippen molar-refractivity contribution in [3.63, 3.8) is 0 Å². The molecule has 16 heteroatoms. The van der Waals surface area contributed by atoms with Crippen molar-refractivity contribution < 1.29 is 23.8 Å². The van der Waals surface area contributed by atoms with E-state index in [2.05, 4.69) is 45.7 Å². The van der Waals surface area contributed by atoms with Crippen LogP contribution in [0.1, 0.15) is 43.8 Å². The molecule has 0 radical (unpaired) electrons. The van der Waals surface area contributed by atoms with E-state index in [-0.39, 0.29) is 19.2 Å². The van der Waals surface area contributed by atoms with Gasteiger partial charge in [0.25, 0.3) is 5.91 Å². The van der Waals surface area contributed by atoms with Gasteiger partial charge in [-0.3, -0.25) is 9.69 Å². The van der Waals surface area contributed by atoms with E-state index in [1.54, 1.807) is 28.9 Å². The summed E-state index contributed by atoms with van der Waals surface area (Å²) in [6.45, 7) is 11.1. The van der Waals surface area contributed by atoms with Crippen molar-refractivity contribution in [2.24, 2.45) is 0 Å². The Labute approximate surface area is 345 Å². The number of fused-ring (bicyclic) bond motifs is 3. The maximum atomic E-state index is 14.6. The van der Waals surface area contributed by atoms with Crippen LogP contribution in [0.25, 0.3) is 26.9 Å². The zero-order valence-electron chi connectivity index (χ0n) is 32.9. The maximum absolute atomic E-state index is 14.6. The van der Waals surface area contributed by atoms with Crippen molar-refractivity contribution in [1.29, 1.82) is 0 Å². The minimum atomic E-state index is -1.33. The van der Waals surface area contributed by atoms with E-state index in [0.717, 1.165) is 49.0 Å². The van der Waals surface area contributed by atoms with Crippen LogP contribution in [-0.4, -0.2) is 82.8 Å². The number of thiazole rings is 2. The number of aromatic nitrogens is 6. The van der Waals surface area contributed by atoms with Gasteiger partial charge in [0.1, 0.15) is 18.8 Å². The first-order chi connectivity index (χ1) is 28.1. The molecule has 3 aromatic carbocycles. The highest BCUT2D eigenvalue weighted by Gasteiger charge is 2.30. The first-order valence-corrected chi connectivity index (χ1v) is 24.6. The molecule has 0 saturated carbocycles. The number of anilines is 2. The summed E-state index contributed by atoms with van der Waals surface area (Å²) in [4.78, 5) is 50.5. The summed E-state index contributed by atoms with van der Waals surface area (Å²) in [6.07, 6.45) is 6.14. The third-order valence-corrected chi connectivity index (χ3v) is 13.8. The average Bonchev–Trinajstić information content (AvgIpc) is 3.98. The highest BCUT2D eigenvalue weighted by Crippen LogP contribution is 2.35. The monoisotopic (exact) mass is 832 g/mol. The SMILES string of the molecule is CCOC(=O)c1nc(N2CCc3cccc(C(=O)N(COCC[Si](C)(C)C)c4nc5ccccc5s4)c3C2)sc1CCOc1ccc(-n2ncc3cncnc32)cc1. The molecule has 0 saturated heterocycles. The molecule has 1 aliphatic rings. The Bertz CT molecular complexity index is 2530. The molecule has 4 aromatic heterocycles. The maximum Gasteiger partial charge on any atom is 0.358 e. The van der Waals surface area contributed by atoms with Crippen LogP contribution in [0.15, 0.2) is 85.5 Å². The molecule has 298 valence electrons. The fraction of sp³-hybridized carbons (Fsp3) is 0.310. The largest absolute Gasteiger partial charge is 0.493 e. The second-order valence-electron chi connectivity index (χ2n) is 15.1. The van der Waals surface area contributed by atoms with Crippen LogP contribution in [0.3, 0.4) is 0 Å². The van der Waals surface area contributed by atoms with Gasteiger partial charge in [0.2, 0.25) is 0 Å². The van der Waals surface area contributed by atoms with Crippen molar-refractivity contribution in [3.05, 3.63) is 113 Å². The smallest absolute Gasteiger partial charge is 0.358 e. The molecule has 13 nitrogen and oxygen atoms in total. The lowest BCUT2D eigenvalue weighted by Gasteiger charge is -2.31. The third kappa shape index (κ3) is 8.64. The molecule has 5 heterocycles. The molecule has 1 aliphatic heterocycles. The van der Waals surface area contributed by atoms with Crippen LogP contribution in [0, 0.1) is 0 Å². The summed E-state index contributed by atoms with van der Waals surface area (Å²) in [7, 11) is -1.33. The van der Waals surface area contributed by atoms with Crippen LogP contribution in [-0.2, 0) is 28.9 Å². The van der Waals surface area contributed by atoms with Crippen molar-refractivity contribution in [2.45, 2.75) is 52.0 Å². The summed E-state index contributed by atoms with van der Waals surface area (Å²) in [5.41, 5.74) is 5.36. The predicted molar refractivity (Wildman–Crippen MR) is 231 cm³/mol. The Balaban J connectivity index is 0.998. The van der Waals surface area contributed by atoms with E-state index < -0.39 is 14.0 Å². The van der Waals surface area contributed by atoms with Crippen LogP contribution in [0.5, 0.6) is 5.75 Å². The van der Waals surface area contributed by atoms with Gasteiger partial charge in [-0.15, -0.1) is 11.3 Å². The van der Waals surface area contributed by atoms with Crippen LogP contribution in [0.2, 0.25) is 25.7 Å². The number of hydrogen-bond donors (Lipinski definition) is 0. The summed E-state index contributed by atoms with van der Waals surface area (Å²) in [5, 5.41) is 6.60. The van der Waals surface area contributed by atoms with E-state index in [1.165, 1.54) is 29.0 Å². The zero-order chi connectivity index (χ0) is 40.2. The molecule has 0 N–H and O–H groups in total. The number of esters is 1. The topological polar surface area (TPSA) is 138 Å². The van der Waals surface area contributed by atoms with Crippen molar-refractivity contribution in [2.75, 3.05) is 42.9 Å². The lowest BCUT2D eigenvalue weighted by Crippen LogP contribution is -2.37. The second kappa shape index (κ2) is 17.1. The Morgan fingerprint density at radius 1 is 0.948 bits per heavy atom.